The average Bonchev–Trinajstić information content (AvgIpc) is 2.49. The Kier molecular flexibility index (Phi) is 7.55. The summed E-state index contributed by atoms with van der Waals surface area (Å²) in [6, 6.07) is 5.80. The summed E-state index contributed by atoms with van der Waals surface area (Å²) in [7, 11) is 0. The molecule has 1 heterocycles. The van der Waals surface area contributed by atoms with Crippen molar-refractivity contribution in [2.24, 2.45) is 0 Å². The minimum absolute atomic E-state index is 0.142. The molecule has 1 N–H and O–H groups in total. The summed E-state index contributed by atoms with van der Waals surface area (Å²) < 4.78 is 5.73. The van der Waals surface area contributed by atoms with Crippen molar-refractivity contribution in [3.05, 3.63) is 59.7 Å². The molecule has 0 bridgehead atoms. The molecule has 0 saturated heterocycles. The van der Waals surface area contributed by atoms with Gasteiger partial charge in [-0.25, -0.2) is 0 Å². The Balaban J connectivity index is 2.95. The van der Waals surface area contributed by atoms with E-state index in [-0.39, 0.29) is 6.61 Å². The van der Waals surface area contributed by atoms with E-state index in [1.54, 1.807) is 18.3 Å². The number of allylic oxidation sites excluding steroid dienone is 5. The van der Waals surface area contributed by atoms with Gasteiger partial charge in [0, 0.05) is 12.3 Å². The summed E-state index contributed by atoms with van der Waals surface area (Å²) >= 11 is 0. The van der Waals surface area contributed by atoms with Gasteiger partial charge >= 0.3 is 0 Å². The van der Waals surface area contributed by atoms with Crippen LogP contribution in [0.2, 0.25) is 0 Å². The van der Waals surface area contributed by atoms with Crippen molar-refractivity contribution >= 4 is 0 Å². The molecule has 1 rings (SSSR count). The Hall–Kier alpha value is -2.38. The molecule has 0 spiro atoms. The third-order valence-corrected chi connectivity index (χ3v) is 2.63. The van der Waals surface area contributed by atoms with Crippen LogP contribution < -0.4 is 4.74 Å². The minimum Gasteiger partial charge on any atom is -0.454 e. The zero-order valence-electron chi connectivity index (χ0n) is 12.4. The van der Waals surface area contributed by atoms with Crippen molar-refractivity contribution in [2.75, 3.05) is 6.61 Å². The number of hydrogen-bond donors (Lipinski definition) is 1. The molecule has 4 nitrogen and oxygen atoms in total. The number of aliphatic hydroxyl groups is 1. The number of aryl methyl sites for hydroxylation is 1. The third-order valence-electron chi connectivity index (χ3n) is 2.63. The van der Waals surface area contributed by atoms with Crippen molar-refractivity contribution < 1.29 is 9.84 Å². The molecule has 0 aliphatic heterocycles. The van der Waals surface area contributed by atoms with Gasteiger partial charge in [-0.15, -0.1) is 0 Å². The topological polar surface area (TPSA) is 66.1 Å². The number of unbranched alkanes of at least 4 members (excludes halogenated alkanes) is 1. The van der Waals surface area contributed by atoms with E-state index in [2.05, 4.69) is 11.1 Å². The number of pyridine rings is 1. The smallest absolute Gasteiger partial charge is 0.145 e. The summed E-state index contributed by atoms with van der Waals surface area (Å²) in [5, 5.41) is 18.0. The Morgan fingerprint density at radius 1 is 1.43 bits per heavy atom. The van der Waals surface area contributed by atoms with E-state index in [0.29, 0.717) is 23.5 Å². The summed E-state index contributed by atoms with van der Waals surface area (Å²) in [6.07, 6.45) is 10.2. The van der Waals surface area contributed by atoms with Crippen LogP contribution in [0.15, 0.2) is 54.0 Å². The first kappa shape index (κ1) is 16.7. The van der Waals surface area contributed by atoms with Crippen LogP contribution in [0.4, 0.5) is 0 Å². The maximum atomic E-state index is 9.26. The van der Waals surface area contributed by atoms with E-state index in [1.165, 1.54) is 0 Å². The summed E-state index contributed by atoms with van der Waals surface area (Å²) in [6.45, 7) is 3.90. The Bertz CT molecular complexity index is 563. The molecule has 4 heteroatoms. The number of aromatic nitrogens is 1. The van der Waals surface area contributed by atoms with Gasteiger partial charge < -0.3 is 9.84 Å². The normalized spacial score (nSPS) is 12.5. The van der Waals surface area contributed by atoms with Gasteiger partial charge in [0.2, 0.25) is 0 Å². The molecule has 0 fully saturated rings. The van der Waals surface area contributed by atoms with Crippen LogP contribution in [-0.4, -0.2) is 16.7 Å². The lowest BCUT2D eigenvalue weighted by Crippen LogP contribution is -1.97. The fourth-order valence-corrected chi connectivity index (χ4v) is 1.56. The summed E-state index contributed by atoms with van der Waals surface area (Å²) in [5.41, 5.74) is 1.34. The SMILES string of the molecule is C\C=C/C(Oc1ccc(C)nc1)=C(C#N)\C=C\CCCO. The van der Waals surface area contributed by atoms with Gasteiger partial charge in [0.1, 0.15) is 17.6 Å². The fraction of sp³-hybridized carbons (Fsp3) is 0.294. The van der Waals surface area contributed by atoms with Crippen LogP contribution in [0.1, 0.15) is 25.5 Å². The van der Waals surface area contributed by atoms with Crippen LogP contribution >= 0.6 is 0 Å². The van der Waals surface area contributed by atoms with Gasteiger partial charge in [0.25, 0.3) is 0 Å². The highest BCUT2D eigenvalue weighted by Crippen LogP contribution is 2.17. The van der Waals surface area contributed by atoms with Crippen LogP contribution in [0.3, 0.4) is 0 Å². The molecule has 0 aromatic carbocycles. The molecule has 0 atom stereocenters. The number of hydrogen-bond acceptors (Lipinski definition) is 4. The van der Waals surface area contributed by atoms with E-state index < -0.39 is 0 Å². The maximum Gasteiger partial charge on any atom is 0.145 e. The first-order valence-electron chi connectivity index (χ1n) is 6.86. The lowest BCUT2D eigenvalue weighted by molar-refractivity contribution is 0.289. The maximum absolute atomic E-state index is 9.26. The Morgan fingerprint density at radius 2 is 2.24 bits per heavy atom. The number of aliphatic hydroxyl groups excluding tert-OH is 1. The van der Waals surface area contributed by atoms with Gasteiger partial charge in [0.05, 0.1) is 11.8 Å². The van der Waals surface area contributed by atoms with E-state index >= 15 is 0 Å². The van der Waals surface area contributed by atoms with Crippen molar-refractivity contribution in [2.45, 2.75) is 26.7 Å². The zero-order valence-corrected chi connectivity index (χ0v) is 12.4. The Morgan fingerprint density at radius 3 is 2.81 bits per heavy atom. The van der Waals surface area contributed by atoms with Crippen LogP contribution in [-0.2, 0) is 0 Å². The molecule has 21 heavy (non-hydrogen) atoms. The van der Waals surface area contributed by atoms with E-state index in [1.807, 2.05) is 38.1 Å². The van der Waals surface area contributed by atoms with Gasteiger partial charge in [0.15, 0.2) is 0 Å². The largest absolute Gasteiger partial charge is 0.454 e. The van der Waals surface area contributed by atoms with Crippen molar-refractivity contribution in [3.8, 4) is 11.8 Å². The van der Waals surface area contributed by atoms with E-state index in [0.717, 1.165) is 12.1 Å². The number of nitriles is 1. The minimum atomic E-state index is 0.142. The highest BCUT2D eigenvalue weighted by atomic mass is 16.5. The third kappa shape index (κ3) is 6.07. The zero-order chi connectivity index (χ0) is 15.5. The lowest BCUT2D eigenvalue weighted by atomic mass is 10.2. The molecule has 0 unspecified atom stereocenters. The quantitative estimate of drug-likeness (QED) is 0.360. The van der Waals surface area contributed by atoms with Crippen LogP contribution in [0.25, 0.3) is 0 Å². The molecule has 0 amide bonds. The second kappa shape index (κ2) is 9.51. The molecule has 1 aromatic rings. The lowest BCUT2D eigenvalue weighted by Gasteiger charge is -2.07. The predicted molar refractivity (Wildman–Crippen MR) is 82.5 cm³/mol. The second-order valence-corrected chi connectivity index (χ2v) is 4.40. The second-order valence-electron chi connectivity index (χ2n) is 4.40. The molecular weight excluding hydrogens is 264 g/mol. The molecule has 0 aliphatic rings. The average molecular weight is 284 g/mol. The summed E-state index contributed by atoms with van der Waals surface area (Å²) in [4.78, 5) is 4.16. The molecule has 1 aromatic heterocycles. The van der Waals surface area contributed by atoms with Crippen LogP contribution in [0, 0.1) is 18.3 Å². The van der Waals surface area contributed by atoms with Gasteiger partial charge in [-0.2, -0.15) is 5.26 Å². The summed E-state index contributed by atoms with van der Waals surface area (Å²) in [5.74, 6) is 1.07. The molecule has 110 valence electrons. The number of rotatable bonds is 7. The Labute approximate surface area is 125 Å². The molecule has 0 aliphatic carbocycles. The predicted octanol–water partition coefficient (Wildman–Crippen LogP) is 3.45. The highest BCUT2D eigenvalue weighted by molar-refractivity contribution is 5.41. The first-order valence-corrected chi connectivity index (χ1v) is 6.86. The van der Waals surface area contributed by atoms with Gasteiger partial charge in [-0.1, -0.05) is 12.2 Å². The number of ether oxygens (including phenoxy) is 1. The van der Waals surface area contributed by atoms with Crippen LogP contribution in [0.5, 0.6) is 5.75 Å². The molecule has 0 radical (unpaired) electrons. The van der Waals surface area contributed by atoms with E-state index in [9.17, 15) is 5.26 Å². The van der Waals surface area contributed by atoms with Crippen molar-refractivity contribution in [1.82, 2.24) is 4.98 Å². The first-order chi connectivity index (χ1) is 10.2. The molecule has 0 saturated carbocycles. The van der Waals surface area contributed by atoms with Gasteiger partial charge in [-0.3, -0.25) is 4.98 Å². The molecular formula is C17H20N2O2. The monoisotopic (exact) mass is 284 g/mol. The van der Waals surface area contributed by atoms with Gasteiger partial charge in [-0.05, 0) is 51.0 Å². The van der Waals surface area contributed by atoms with E-state index in [4.69, 9.17) is 9.84 Å². The fourth-order valence-electron chi connectivity index (χ4n) is 1.56. The van der Waals surface area contributed by atoms with Crippen molar-refractivity contribution in [1.29, 1.82) is 5.26 Å². The standard InChI is InChI=1S/C17H20N2O2/c1-3-7-17(15(12-18)8-5-4-6-11-20)21-16-10-9-14(2)19-13-16/h3,5,7-10,13,20H,4,6,11H2,1-2H3/b7-3-,8-5+,17-15-. The highest BCUT2D eigenvalue weighted by Gasteiger charge is 2.04. The van der Waals surface area contributed by atoms with Crippen molar-refractivity contribution in [3.63, 3.8) is 0 Å². The number of nitrogens with zero attached hydrogens (tertiary/aromatic N) is 2.